The third kappa shape index (κ3) is 7.46. The van der Waals surface area contributed by atoms with Crippen LogP contribution in [0.25, 0.3) is 61.0 Å². The van der Waals surface area contributed by atoms with E-state index in [2.05, 4.69) is 110 Å². The first kappa shape index (κ1) is 33.1. The molecule has 0 spiro atoms. The molecule has 67 heavy (non-hydrogen) atoms. The van der Waals surface area contributed by atoms with Gasteiger partial charge in [-0.1, -0.05) is 105 Å². The summed E-state index contributed by atoms with van der Waals surface area (Å²) in [6.07, 6.45) is 1.43. The Balaban J connectivity index is 0.00000616. The first-order valence-corrected chi connectivity index (χ1v) is 21.7. The molecule has 0 saturated heterocycles. The van der Waals surface area contributed by atoms with Crippen molar-refractivity contribution in [3.8, 4) is 62.2 Å². The zero-order valence-corrected chi connectivity index (χ0v) is 38.8. The predicted molar refractivity (Wildman–Crippen MR) is 269 cm³/mol. The average Bonchev–Trinajstić information content (AvgIpc) is 3.94. The fraction of sp³-hybridized carbons (Fsp3) is 0.100. The van der Waals surface area contributed by atoms with E-state index in [9.17, 15) is 2.74 Å². The molecule has 0 N–H and O–H groups in total. The molecule has 0 saturated carbocycles. The van der Waals surface area contributed by atoms with Gasteiger partial charge in [-0.2, -0.15) is 12.1 Å². The number of rotatable bonds is 1. The van der Waals surface area contributed by atoms with Crippen LogP contribution in [-0.4, -0.2) is 9.55 Å². The molecule has 10 aromatic rings. The molecule has 7 heteroatoms. The van der Waals surface area contributed by atoms with Gasteiger partial charge in [0, 0.05) is 86.3 Å². The van der Waals surface area contributed by atoms with Crippen LogP contribution in [-0.2, 0) is 26.5 Å². The molecule has 5 aliphatic rings. The number of ether oxygens (including phenoxy) is 2. The van der Waals surface area contributed by atoms with Crippen molar-refractivity contribution in [1.82, 2.24) is 9.55 Å². The Morgan fingerprint density at radius 3 is 2.00 bits per heavy atom. The van der Waals surface area contributed by atoms with Crippen LogP contribution in [0.15, 0.2) is 176 Å². The van der Waals surface area contributed by atoms with E-state index in [1.54, 1.807) is 42.5 Å². The molecule has 0 aliphatic carbocycles. The number of hydrogen-bond donors (Lipinski definition) is 0. The Morgan fingerprint density at radius 2 is 1.30 bits per heavy atom. The molecule has 0 unspecified atom stereocenters. The van der Waals surface area contributed by atoms with Crippen molar-refractivity contribution < 1.29 is 42.9 Å². The van der Waals surface area contributed by atoms with Crippen LogP contribution in [0.1, 0.15) is 49.8 Å². The predicted octanol–water partition coefficient (Wildman–Crippen LogP) is 16.0. The maximum atomic E-state index is 9.36. The third-order valence-electron chi connectivity index (χ3n) is 12.3. The number of hydrogen-bond acceptors (Lipinski definition) is 5. The normalized spacial score (nSPS) is 15.2. The number of aromatic nitrogens is 2. The summed E-state index contributed by atoms with van der Waals surface area (Å²) in [6.45, 7) is 3.12. The zero-order valence-electron chi connectivity index (χ0n) is 45.5. The van der Waals surface area contributed by atoms with Crippen LogP contribution in [0.3, 0.4) is 0 Å². The SMILES string of the molecule is [2H]c1c(C([2H])([2H])[2H])c([2H])c2c(c1[2H])c1ccc3[c-]c1n2-c1cc(C([2H])([2H])[2H])c(cn1)-c1ccc(cc1)Oc1ccc(cc1)-c1cc(C(C)(C)C)cc(-c2ccccc2)c1N1[CH-]N(c2[c-]c(ccc2)O3)c2ccccc21.[Pt]. The molecule has 0 radical (unpaired) electrons. The number of anilines is 4. The van der Waals surface area contributed by atoms with Gasteiger partial charge >= 0.3 is 0 Å². The van der Waals surface area contributed by atoms with Crippen molar-refractivity contribution >= 4 is 44.6 Å². The summed E-state index contributed by atoms with van der Waals surface area (Å²) >= 11 is 0. The molecule has 0 fully saturated rings. The van der Waals surface area contributed by atoms with Crippen LogP contribution in [0.5, 0.6) is 23.0 Å². The van der Waals surface area contributed by atoms with Crippen molar-refractivity contribution in [3.63, 3.8) is 0 Å². The van der Waals surface area contributed by atoms with Gasteiger partial charge in [-0.25, -0.2) is 4.98 Å². The minimum Gasteiger partial charge on any atom is -0.509 e. The molecular weight excluding hydrogens is 1000 g/mol. The molecular formula is C60H45N4O2Pt-3. The third-order valence-corrected chi connectivity index (χ3v) is 12.3. The average molecular weight is 1060 g/mol. The van der Waals surface area contributed by atoms with Gasteiger partial charge in [0.15, 0.2) is 0 Å². The van der Waals surface area contributed by atoms with Crippen molar-refractivity contribution in [3.05, 3.63) is 211 Å². The summed E-state index contributed by atoms with van der Waals surface area (Å²) in [5, 5.41) is 0.464. The number of para-hydroxylation sites is 2. The fourth-order valence-electron chi connectivity index (χ4n) is 8.96. The van der Waals surface area contributed by atoms with Gasteiger partial charge in [0.25, 0.3) is 0 Å². The number of benzene rings is 8. The van der Waals surface area contributed by atoms with Crippen LogP contribution in [0.4, 0.5) is 22.7 Å². The van der Waals surface area contributed by atoms with E-state index in [4.69, 9.17) is 24.1 Å². The summed E-state index contributed by atoms with van der Waals surface area (Å²) in [7, 11) is 0. The molecule has 5 aliphatic heterocycles. The van der Waals surface area contributed by atoms with Gasteiger partial charge in [0.2, 0.25) is 0 Å². The maximum Gasteiger partial charge on any atom is 0.135 e. The molecule has 330 valence electrons. The molecule has 15 rings (SSSR count). The minimum absolute atomic E-state index is 0. The fourth-order valence-corrected chi connectivity index (χ4v) is 8.96. The van der Waals surface area contributed by atoms with E-state index in [0.717, 1.165) is 44.9 Å². The van der Waals surface area contributed by atoms with Gasteiger partial charge in [-0.3, -0.25) is 0 Å². The van der Waals surface area contributed by atoms with Gasteiger partial charge < -0.3 is 23.8 Å². The molecule has 12 bridgehead atoms. The summed E-state index contributed by atoms with van der Waals surface area (Å²) in [5.74, 6) is 1.67. The second kappa shape index (κ2) is 16.5. The smallest absolute Gasteiger partial charge is 0.135 e. The molecule has 7 heterocycles. The van der Waals surface area contributed by atoms with E-state index in [-0.39, 0.29) is 60.0 Å². The maximum absolute atomic E-state index is 9.36. The number of nitrogens with zero attached hydrogens (tertiary/aromatic N) is 4. The zero-order chi connectivity index (χ0) is 52.3. The first-order chi connectivity index (χ1) is 35.8. The van der Waals surface area contributed by atoms with Crippen molar-refractivity contribution in [2.24, 2.45) is 0 Å². The minimum atomic E-state index is -2.93. The molecule has 8 aromatic carbocycles. The largest absolute Gasteiger partial charge is 0.509 e. The van der Waals surface area contributed by atoms with Crippen LogP contribution < -0.4 is 19.3 Å². The topological polar surface area (TPSA) is 42.8 Å². The summed E-state index contributed by atoms with van der Waals surface area (Å²) in [6, 6.07) is 53.8. The van der Waals surface area contributed by atoms with Gasteiger partial charge in [0.05, 0.1) is 4.11 Å². The Hall–Kier alpha value is -7.40. The van der Waals surface area contributed by atoms with Gasteiger partial charge in [-0.05, 0) is 119 Å². The second-order valence-electron chi connectivity index (χ2n) is 17.5. The number of fused-ring (bicyclic) bond motifs is 6. The quantitative estimate of drug-likeness (QED) is 0.153. The van der Waals surface area contributed by atoms with E-state index >= 15 is 0 Å². The van der Waals surface area contributed by atoms with E-state index in [1.807, 2.05) is 42.5 Å². The van der Waals surface area contributed by atoms with Crippen molar-refractivity contribution in [2.45, 2.75) is 39.9 Å². The van der Waals surface area contributed by atoms with E-state index in [0.29, 0.717) is 39.4 Å². The molecule has 0 atom stereocenters. The van der Waals surface area contributed by atoms with E-state index < -0.39 is 37.4 Å². The standard InChI is InChI=1S/C60H45N4O2.Pt/c1-38-18-28-49-50-29-27-48-35-57(50)64(56(49)30-38)58-31-39(2)53(36-61-58)42-21-25-46(26-22-42)65-45-23-19-41(20-24-45)52-33-43(60(3,4)5)32-51(40-12-7-6-8-13-40)59(52)63-37-62(54-16-9-10-17-55(54)63)44-14-11-15-47(34-44)66-48;/h6-33,36-37H,1-5H3;/q-3;/i1D3,2D3,18D,28D,30D;. The van der Waals surface area contributed by atoms with Crippen LogP contribution in [0, 0.1) is 32.5 Å². The summed E-state index contributed by atoms with van der Waals surface area (Å²) < 4.78 is 93.0. The Labute approximate surface area is 418 Å². The van der Waals surface area contributed by atoms with Gasteiger partial charge in [-0.15, -0.1) is 48.1 Å². The second-order valence-corrected chi connectivity index (χ2v) is 17.5. The van der Waals surface area contributed by atoms with Crippen LogP contribution in [0.2, 0.25) is 0 Å². The van der Waals surface area contributed by atoms with E-state index in [1.165, 1.54) is 16.8 Å². The number of pyridine rings is 1. The molecule has 0 amide bonds. The first-order valence-electron chi connectivity index (χ1n) is 26.2. The number of aryl methyl sites for hydroxylation is 1. The monoisotopic (exact) mass is 1060 g/mol. The van der Waals surface area contributed by atoms with Crippen molar-refractivity contribution in [1.29, 1.82) is 0 Å². The van der Waals surface area contributed by atoms with Crippen LogP contribution >= 0.6 is 0 Å². The molecule has 6 nitrogen and oxygen atoms in total. The Morgan fingerprint density at radius 1 is 0.627 bits per heavy atom. The van der Waals surface area contributed by atoms with Crippen molar-refractivity contribution in [2.75, 3.05) is 9.80 Å². The Bertz CT molecular complexity index is 3930. The Kier molecular flexibility index (Phi) is 8.15. The summed E-state index contributed by atoms with van der Waals surface area (Å²) in [5.41, 5.74) is 8.85. The van der Waals surface area contributed by atoms with Gasteiger partial charge in [0.1, 0.15) is 17.3 Å². The summed E-state index contributed by atoms with van der Waals surface area (Å²) in [4.78, 5) is 9.08. The molecule has 2 aromatic heterocycles.